The number of halogens is 1. The van der Waals surface area contributed by atoms with E-state index in [1.165, 1.54) is 19.2 Å². The topological polar surface area (TPSA) is 108 Å². The highest BCUT2D eigenvalue weighted by atomic mass is 19.1. The minimum absolute atomic E-state index is 0.224. The van der Waals surface area contributed by atoms with E-state index in [2.05, 4.69) is 10.1 Å². The first-order valence-corrected chi connectivity index (χ1v) is 7.00. The zero-order valence-corrected chi connectivity index (χ0v) is 12.9. The van der Waals surface area contributed by atoms with Gasteiger partial charge in [0.15, 0.2) is 0 Å². The Bertz CT molecular complexity index is 977. The molecule has 1 N–H and O–H groups in total. The largest absolute Gasteiger partial charge is 0.497 e. The first kappa shape index (κ1) is 16.2. The first-order chi connectivity index (χ1) is 12.0. The summed E-state index contributed by atoms with van der Waals surface area (Å²) in [4.78, 5) is 15.8. The number of methoxy groups -OCH3 is 1. The number of nitrogens with zero attached hydrogens (tertiary/aromatic N) is 5. The maximum Gasteiger partial charge on any atom is 0.438 e. The quantitative estimate of drug-likeness (QED) is 0.443. The van der Waals surface area contributed by atoms with Gasteiger partial charge in [-0.15, -0.1) is 0 Å². The third kappa shape index (κ3) is 3.17. The second-order valence-electron chi connectivity index (χ2n) is 4.87. The zero-order chi connectivity index (χ0) is 18.0. The lowest BCUT2D eigenvalue weighted by molar-refractivity contribution is -0.391. The molecule has 0 bridgehead atoms. The van der Waals surface area contributed by atoms with Crippen LogP contribution in [0.15, 0.2) is 53.5 Å². The Morgan fingerprint density at radius 1 is 1.20 bits per heavy atom. The average molecular weight is 345 g/mol. The summed E-state index contributed by atoms with van der Waals surface area (Å²) in [5, 5.41) is 25.3. The van der Waals surface area contributed by atoms with Gasteiger partial charge in [-0.05, 0) is 58.3 Å². The van der Waals surface area contributed by atoms with E-state index >= 15 is 0 Å². The van der Waals surface area contributed by atoms with Gasteiger partial charge in [0.2, 0.25) is 0 Å². The second kappa shape index (κ2) is 6.43. The molecule has 128 valence electrons. The molecule has 1 heterocycles. The minimum atomic E-state index is -0.769. The standard InChI is InChI=1S/C15H12FN5O4/c1-25-13-8-6-12(7-9-13)19-18-15(21(23)24)14(20(19)22)17-11-4-2-10(16)3-5-11/h2-9,22H,1H3. The fourth-order valence-corrected chi connectivity index (χ4v) is 2.09. The summed E-state index contributed by atoms with van der Waals surface area (Å²) >= 11 is 0. The molecule has 25 heavy (non-hydrogen) atoms. The van der Waals surface area contributed by atoms with E-state index in [4.69, 9.17) is 4.74 Å². The van der Waals surface area contributed by atoms with Gasteiger partial charge in [-0.3, -0.25) is 0 Å². The lowest BCUT2D eigenvalue weighted by Crippen LogP contribution is -2.22. The molecule has 9 nitrogen and oxygen atoms in total. The van der Waals surface area contributed by atoms with Crippen LogP contribution in [0, 0.1) is 15.9 Å². The van der Waals surface area contributed by atoms with E-state index in [1.807, 2.05) is 0 Å². The monoisotopic (exact) mass is 345 g/mol. The molecule has 0 fully saturated rings. The number of nitro groups is 1. The van der Waals surface area contributed by atoms with Crippen molar-refractivity contribution in [3.05, 3.63) is 70.0 Å². The van der Waals surface area contributed by atoms with Gasteiger partial charge >= 0.3 is 5.82 Å². The summed E-state index contributed by atoms with van der Waals surface area (Å²) in [5.41, 5.74) is 0.181. The third-order valence-electron chi connectivity index (χ3n) is 3.30. The van der Waals surface area contributed by atoms with Crippen LogP contribution < -0.4 is 10.2 Å². The number of ether oxygens (including phenoxy) is 1. The van der Waals surface area contributed by atoms with Crippen LogP contribution in [0.1, 0.15) is 0 Å². The lowest BCUT2D eigenvalue weighted by atomic mass is 10.3. The smallest absolute Gasteiger partial charge is 0.438 e. The van der Waals surface area contributed by atoms with Crippen LogP contribution >= 0.6 is 0 Å². The van der Waals surface area contributed by atoms with Crippen molar-refractivity contribution in [2.75, 3.05) is 7.11 Å². The lowest BCUT2D eigenvalue weighted by Gasteiger charge is -2.02. The number of aromatic nitrogens is 3. The molecule has 0 unspecified atom stereocenters. The third-order valence-corrected chi connectivity index (χ3v) is 3.30. The number of hydrogen-bond donors (Lipinski definition) is 1. The highest BCUT2D eigenvalue weighted by Gasteiger charge is 2.24. The molecule has 0 spiro atoms. The Kier molecular flexibility index (Phi) is 4.16. The van der Waals surface area contributed by atoms with Gasteiger partial charge in [0.05, 0.1) is 17.9 Å². The predicted molar refractivity (Wildman–Crippen MR) is 83.6 cm³/mol. The maximum atomic E-state index is 13.0. The molecule has 0 aliphatic carbocycles. The van der Waals surface area contributed by atoms with Crippen LogP contribution in [0.5, 0.6) is 5.75 Å². The van der Waals surface area contributed by atoms with Crippen molar-refractivity contribution in [2.45, 2.75) is 0 Å². The van der Waals surface area contributed by atoms with Crippen molar-refractivity contribution in [1.82, 2.24) is 14.7 Å². The van der Waals surface area contributed by atoms with E-state index in [-0.39, 0.29) is 5.69 Å². The SMILES string of the molecule is COc1ccc(-n2nc([N+](=O)[O-])c(=Nc3ccc(F)cc3)n2O)cc1. The number of benzene rings is 2. The van der Waals surface area contributed by atoms with Crippen LogP contribution in [0.3, 0.4) is 0 Å². The van der Waals surface area contributed by atoms with Gasteiger partial charge in [-0.25, -0.2) is 9.38 Å². The predicted octanol–water partition coefficient (Wildman–Crippen LogP) is 2.20. The summed E-state index contributed by atoms with van der Waals surface area (Å²) in [7, 11) is 1.50. The summed E-state index contributed by atoms with van der Waals surface area (Å²) in [6.45, 7) is 0. The summed E-state index contributed by atoms with van der Waals surface area (Å²) < 4.78 is 18.0. The van der Waals surface area contributed by atoms with Gasteiger partial charge in [0.1, 0.15) is 17.3 Å². The van der Waals surface area contributed by atoms with Crippen LogP contribution in [0.2, 0.25) is 0 Å². The van der Waals surface area contributed by atoms with Crippen molar-refractivity contribution in [3.8, 4) is 11.4 Å². The zero-order valence-electron chi connectivity index (χ0n) is 12.9. The molecule has 0 amide bonds. The Morgan fingerprint density at radius 3 is 2.40 bits per heavy atom. The van der Waals surface area contributed by atoms with E-state index in [1.54, 1.807) is 24.3 Å². The second-order valence-corrected chi connectivity index (χ2v) is 4.87. The first-order valence-electron chi connectivity index (χ1n) is 7.00. The highest BCUT2D eigenvalue weighted by molar-refractivity contribution is 5.38. The van der Waals surface area contributed by atoms with Crippen LogP contribution in [0.4, 0.5) is 15.9 Å². The number of hydrogen-bond acceptors (Lipinski definition) is 6. The molecule has 0 aliphatic heterocycles. The van der Waals surface area contributed by atoms with Crippen molar-refractivity contribution >= 4 is 11.5 Å². The van der Waals surface area contributed by atoms with Gasteiger partial charge in [0, 0.05) is 0 Å². The van der Waals surface area contributed by atoms with Crippen molar-refractivity contribution in [1.29, 1.82) is 0 Å². The molecule has 2 aromatic carbocycles. The van der Waals surface area contributed by atoms with Crippen molar-refractivity contribution < 1.29 is 19.3 Å². The fraction of sp³-hybridized carbons (Fsp3) is 0.0667. The average Bonchev–Trinajstić information content (AvgIpc) is 2.94. The molecular formula is C15H12FN5O4. The van der Waals surface area contributed by atoms with Crippen molar-refractivity contribution in [3.63, 3.8) is 0 Å². The summed E-state index contributed by atoms with van der Waals surface area (Å²) in [6, 6.07) is 11.3. The molecule has 0 atom stereocenters. The Balaban J connectivity index is 2.16. The molecule has 3 rings (SSSR count). The van der Waals surface area contributed by atoms with Crippen molar-refractivity contribution in [2.24, 2.45) is 4.99 Å². The van der Waals surface area contributed by atoms with E-state index in [0.717, 1.165) is 16.9 Å². The molecule has 0 saturated heterocycles. The van der Waals surface area contributed by atoms with E-state index < -0.39 is 22.0 Å². The summed E-state index contributed by atoms with van der Waals surface area (Å²) in [5.74, 6) is -0.548. The molecule has 0 aliphatic rings. The van der Waals surface area contributed by atoms with E-state index in [0.29, 0.717) is 16.3 Å². The Hall–Kier alpha value is -3.69. The fourth-order valence-electron chi connectivity index (χ4n) is 2.09. The summed E-state index contributed by atoms with van der Waals surface area (Å²) in [6.07, 6.45) is 0. The molecule has 0 radical (unpaired) electrons. The molecule has 10 heteroatoms. The minimum Gasteiger partial charge on any atom is -0.497 e. The number of rotatable bonds is 4. The van der Waals surface area contributed by atoms with Gasteiger partial charge in [-0.1, -0.05) is 4.85 Å². The van der Waals surface area contributed by atoms with Crippen LogP contribution in [0.25, 0.3) is 5.69 Å². The molecule has 3 aromatic rings. The highest BCUT2D eigenvalue weighted by Crippen LogP contribution is 2.16. The van der Waals surface area contributed by atoms with E-state index in [9.17, 15) is 19.7 Å². The normalized spacial score (nSPS) is 11.5. The van der Waals surface area contributed by atoms with Crippen LogP contribution in [-0.4, -0.2) is 32.0 Å². The van der Waals surface area contributed by atoms with Crippen LogP contribution in [-0.2, 0) is 0 Å². The molecule has 1 aromatic heterocycles. The maximum absolute atomic E-state index is 13.0. The molecule has 0 saturated carbocycles. The molecular weight excluding hydrogens is 333 g/mol. The Morgan fingerprint density at radius 2 is 1.84 bits per heavy atom. The van der Waals surface area contributed by atoms with Gasteiger partial charge in [-0.2, -0.15) is 0 Å². The van der Waals surface area contributed by atoms with Gasteiger partial charge < -0.3 is 20.1 Å². The Labute approximate surface area is 139 Å². The van der Waals surface area contributed by atoms with Gasteiger partial charge in [0.25, 0.3) is 5.49 Å².